The highest BCUT2D eigenvalue weighted by Crippen LogP contribution is 2.35. The fraction of sp³-hybridized carbons (Fsp3) is 0.417. The third-order valence-corrected chi connectivity index (χ3v) is 3.04. The number of halogens is 2. The highest BCUT2D eigenvalue weighted by Gasteiger charge is 2.31. The molecule has 0 aliphatic carbocycles. The van der Waals surface area contributed by atoms with Gasteiger partial charge in [-0.3, -0.25) is 0 Å². The Morgan fingerprint density at radius 2 is 2.42 bits per heavy atom. The van der Waals surface area contributed by atoms with Crippen LogP contribution in [0.15, 0.2) is 12.1 Å². The lowest BCUT2D eigenvalue weighted by Gasteiger charge is -2.30. The molecule has 5 nitrogen and oxygen atoms in total. The summed E-state index contributed by atoms with van der Waals surface area (Å²) < 4.78 is 23.3. The summed E-state index contributed by atoms with van der Waals surface area (Å²) in [7, 11) is 0. The summed E-state index contributed by atoms with van der Waals surface area (Å²) in [6, 6.07) is 1.73. The van der Waals surface area contributed by atoms with Gasteiger partial charge in [-0.2, -0.15) is 0 Å². The number of aliphatic hydroxyl groups excluding tert-OH is 1. The summed E-state index contributed by atoms with van der Waals surface area (Å²) >= 11 is 5.66. The number of hydrogen-bond donors (Lipinski definition) is 2. The first-order chi connectivity index (χ1) is 9.02. The minimum absolute atomic E-state index is 0.0219. The molecule has 0 saturated carbocycles. The van der Waals surface area contributed by atoms with E-state index in [2.05, 4.69) is 5.32 Å². The fourth-order valence-corrected chi connectivity index (χ4v) is 2.00. The normalized spacial score (nSPS) is 21.3. The molecule has 0 bridgehead atoms. The number of amides is 1. The van der Waals surface area contributed by atoms with E-state index in [-0.39, 0.29) is 24.0 Å². The third-order valence-electron chi connectivity index (χ3n) is 2.75. The molecule has 104 valence electrons. The quantitative estimate of drug-likeness (QED) is 0.874. The predicted molar refractivity (Wildman–Crippen MR) is 65.8 cm³/mol. The van der Waals surface area contributed by atoms with Gasteiger partial charge in [0.25, 0.3) is 0 Å². The maximum atomic E-state index is 13.3. The Kier molecular flexibility index (Phi) is 4.11. The fourth-order valence-electron chi connectivity index (χ4n) is 1.83. The van der Waals surface area contributed by atoms with E-state index in [0.717, 1.165) is 6.07 Å². The molecule has 0 fully saturated rings. The number of rotatable bonds is 2. The van der Waals surface area contributed by atoms with Crippen molar-refractivity contribution in [1.29, 1.82) is 0 Å². The van der Waals surface area contributed by atoms with Crippen LogP contribution in [0.1, 0.15) is 18.6 Å². The molecule has 1 amide bonds. The summed E-state index contributed by atoms with van der Waals surface area (Å²) in [6.45, 7) is 1.92. The first kappa shape index (κ1) is 13.9. The minimum Gasteiger partial charge on any atom is -0.491 e. The largest absolute Gasteiger partial charge is 0.491 e. The van der Waals surface area contributed by atoms with E-state index < -0.39 is 24.1 Å². The van der Waals surface area contributed by atoms with Gasteiger partial charge in [0.2, 0.25) is 0 Å². The van der Waals surface area contributed by atoms with Gasteiger partial charge in [-0.1, -0.05) is 11.6 Å². The molecule has 1 aliphatic heterocycles. The van der Waals surface area contributed by atoms with Crippen LogP contribution in [0.25, 0.3) is 0 Å². The van der Waals surface area contributed by atoms with Crippen molar-refractivity contribution in [3.63, 3.8) is 0 Å². The van der Waals surface area contributed by atoms with Crippen molar-refractivity contribution < 1.29 is 23.8 Å². The molecular formula is C12H13ClFNO4. The van der Waals surface area contributed by atoms with Gasteiger partial charge >= 0.3 is 6.09 Å². The average Bonchev–Trinajstić information content (AvgIpc) is 2.36. The number of aliphatic hydroxyl groups is 1. The van der Waals surface area contributed by atoms with Gasteiger partial charge in [-0.05, 0) is 13.0 Å². The zero-order valence-electron chi connectivity index (χ0n) is 10.2. The lowest BCUT2D eigenvalue weighted by Crippen LogP contribution is -2.45. The second-order valence-corrected chi connectivity index (χ2v) is 4.44. The SMILES string of the molecule is CCOC(=O)N[C@@H]1COc2cc(F)c(Cl)cc2[C@@H]1O. The molecule has 0 saturated heterocycles. The number of ether oxygens (including phenoxy) is 2. The van der Waals surface area contributed by atoms with Crippen molar-refractivity contribution in [3.05, 3.63) is 28.5 Å². The first-order valence-corrected chi connectivity index (χ1v) is 6.13. The number of benzene rings is 1. The molecule has 0 aromatic heterocycles. The molecular weight excluding hydrogens is 277 g/mol. The third kappa shape index (κ3) is 2.90. The van der Waals surface area contributed by atoms with Crippen LogP contribution in [0.2, 0.25) is 5.02 Å². The number of hydrogen-bond acceptors (Lipinski definition) is 4. The summed E-state index contributed by atoms with van der Waals surface area (Å²) in [5.74, 6) is -0.402. The van der Waals surface area contributed by atoms with Gasteiger partial charge in [0, 0.05) is 11.6 Å². The van der Waals surface area contributed by atoms with E-state index in [4.69, 9.17) is 21.1 Å². The van der Waals surface area contributed by atoms with Gasteiger partial charge in [0.05, 0.1) is 17.7 Å². The van der Waals surface area contributed by atoms with Crippen molar-refractivity contribution in [1.82, 2.24) is 5.32 Å². The number of nitrogens with one attached hydrogen (secondary N) is 1. The summed E-state index contributed by atoms with van der Waals surface area (Å²) in [5.41, 5.74) is 0.333. The zero-order valence-corrected chi connectivity index (χ0v) is 10.9. The highest BCUT2D eigenvalue weighted by molar-refractivity contribution is 6.30. The van der Waals surface area contributed by atoms with Gasteiger partial charge in [0.1, 0.15) is 24.3 Å². The molecule has 7 heteroatoms. The van der Waals surface area contributed by atoms with Crippen molar-refractivity contribution >= 4 is 17.7 Å². The highest BCUT2D eigenvalue weighted by atomic mass is 35.5. The maximum Gasteiger partial charge on any atom is 0.407 e. The molecule has 1 aromatic carbocycles. The topological polar surface area (TPSA) is 67.8 Å². The van der Waals surface area contributed by atoms with Crippen LogP contribution in [0, 0.1) is 5.82 Å². The Hall–Kier alpha value is -1.53. The van der Waals surface area contributed by atoms with Crippen molar-refractivity contribution in [2.24, 2.45) is 0 Å². The Balaban J connectivity index is 2.17. The van der Waals surface area contributed by atoms with Gasteiger partial charge in [0.15, 0.2) is 0 Å². The Morgan fingerprint density at radius 3 is 3.11 bits per heavy atom. The molecule has 2 atom stereocenters. The standard InChI is InChI=1S/C12H13ClFNO4/c1-2-18-12(17)15-9-5-19-10-4-8(14)7(13)3-6(10)11(9)16/h3-4,9,11,16H,2,5H2,1H3,(H,15,17)/t9-,11+/m1/s1. The number of carbonyl (C=O) groups is 1. The van der Waals surface area contributed by atoms with E-state index in [9.17, 15) is 14.3 Å². The molecule has 1 heterocycles. The number of fused-ring (bicyclic) bond motifs is 1. The number of carbonyl (C=O) groups excluding carboxylic acids is 1. The maximum absolute atomic E-state index is 13.3. The molecule has 19 heavy (non-hydrogen) atoms. The summed E-state index contributed by atoms with van der Waals surface area (Å²) in [6.07, 6.45) is -1.68. The van der Waals surface area contributed by atoms with Crippen molar-refractivity contribution in [2.75, 3.05) is 13.2 Å². The second kappa shape index (κ2) is 5.63. The zero-order chi connectivity index (χ0) is 14.0. The Labute approximate surface area is 114 Å². The van der Waals surface area contributed by atoms with Crippen LogP contribution in [-0.2, 0) is 4.74 Å². The molecule has 0 spiro atoms. The molecule has 0 radical (unpaired) electrons. The monoisotopic (exact) mass is 289 g/mol. The van der Waals surface area contributed by atoms with E-state index in [1.165, 1.54) is 6.07 Å². The van der Waals surface area contributed by atoms with Gasteiger partial charge in [-0.25, -0.2) is 9.18 Å². The van der Waals surface area contributed by atoms with Crippen LogP contribution in [-0.4, -0.2) is 30.5 Å². The van der Waals surface area contributed by atoms with Crippen LogP contribution in [0.5, 0.6) is 5.75 Å². The summed E-state index contributed by atoms with van der Waals surface area (Å²) in [5, 5.41) is 12.5. The minimum atomic E-state index is -1.04. The predicted octanol–water partition coefficient (Wildman–Crippen LogP) is 2.02. The van der Waals surface area contributed by atoms with Gasteiger partial charge in [-0.15, -0.1) is 0 Å². The lowest BCUT2D eigenvalue weighted by atomic mass is 9.99. The summed E-state index contributed by atoms with van der Waals surface area (Å²) in [4.78, 5) is 11.3. The van der Waals surface area contributed by atoms with Crippen LogP contribution >= 0.6 is 11.6 Å². The van der Waals surface area contributed by atoms with Crippen molar-refractivity contribution in [2.45, 2.75) is 19.1 Å². The van der Waals surface area contributed by atoms with Crippen LogP contribution in [0.4, 0.5) is 9.18 Å². The smallest absolute Gasteiger partial charge is 0.407 e. The first-order valence-electron chi connectivity index (χ1n) is 5.76. The van der Waals surface area contributed by atoms with E-state index in [1.807, 2.05) is 0 Å². The number of alkyl carbamates (subject to hydrolysis) is 1. The van der Waals surface area contributed by atoms with E-state index in [1.54, 1.807) is 6.92 Å². The average molecular weight is 290 g/mol. The van der Waals surface area contributed by atoms with Gasteiger partial charge < -0.3 is 19.9 Å². The van der Waals surface area contributed by atoms with Crippen molar-refractivity contribution in [3.8, 4) is 5.75 Å². The molecule has 0 unspecified atom stereocenters. The second-order valence-electron chi connectivity index (χ2n) is 4.03. The Bertz CT molecular complexity index is 497. The Morgan fingerprint density at radius 1 is 1.68 bits per heavy atom. The molecule has 2 rings (SSSR count). The van der Waals surface area contributed by atoms with Crippen LogP contribution < -0.4 is 10.1 Å². The van der Waals surface area contributed by atoms with Crippen LogP contribution in [0.3, 0.4) is 0 Å². The molecule has 1 aromatic rings. The van der Waals surface area contributed by atoms with E-state index in [0.29, 0.717) is 5.56 Å². The molecule has 1 aliphatic rings. The lowest BCUT2D eigenvalue weighted by molar-refractivity contribution is 0.0661. The molecule has 2 N–H and O–H groups in total. The van der Waals surface area contributed by atoms with E-state index >= 15 is 0 Å².